The largest absolute Gasteiger partial charge is 0.467 e. The third-order valence-corrected chi connectivity index (χ3v) is 6.21. The van der Waals surface area contributed by atoms with Crippen molar-refractivity contribution >= 4 is 0 Å². The van der Waals surface area contributed by atoms with Crippen LogP contribution < -0.4 is 4.74 Å². The van der Waals surface area contributed by atoms with E-state index < -0.39 is 0 Å². The van der Waals surface area contributed by atoms with E-state index in [2.05, 4.69) is 70.6 Å². The summed E-state index contributed by atoms with van der Waals surface area (Å²) in [6.45, 7) is 2.00. The van der Waals surface area contributed by atoms with Crippen molar-refractivity contribution in [2.45, 2.75) is 30.6 Å². The molecule has 4 aromatic rings. The fourth-order valence-electron chi connectivity index (χ4n) is 4.95. The summed E-state index contributed by atoms with van der Waals surface area (Å²) in [7, 11) is 1.61. The predicted molar refractivity (Wildman–Crippen MR) is 119 cm³/mol. The van der Waals surface area contributed by atoms with Crippen LogP contribution in [0.2, 0.25) is 0 Å². The molecule has 0 bridgehead atoms. The van der Waals surface area contributed by atoms with Gasteiger partial charge in [-0.15, -0.1) is 0 Å². The molecular weight excluding hydrogens is 384 g/mol. The molecule has 1 aliphatic carbocycles. The number of aryl methyl sites for hydroxylation is 1. The van der Waals surface area contributed by atoms with Crippen LogP contribution in [-0.4, -0.2) is 27.0 Å². The third kappa shape index (κ3) is 3.56. The Morgan fingerprint density at radius 3 is 1.87 bits per heavy atom. The summed E-state index contributed by atoms with van der Waals surface area (Å²) in [5.41, 5.74) is 5.52. The van der Waals surface area contributed by atoms with Crippen molar-refractivity contribution in [3.63, 3.8) is 0 Å². The van der Waals surface area contributed by atoms with E-state index in [0.717, 1.165) is 17.1 Å². The lowest BCUT2D eigenvalue weighted by Crippen LogP contribution is -2.41. The number of methoxy groups -OCH3 is 1. The lowest BCUT2D eigenvalue weighted by Gasteiger charge is -2.52. The molecule has 0 saturated heterocycles. The van der Waals surface area contributed by atoms with Crippen molar-refractivity contribution in [2.75, 3.05) is 7.11 Å². The summed E-state index contributed by atoms with van der Waals surface area (Å²) in [6, 6.07) is 23.7. The molecule has 1 aliphatic rings. The van der Waals surface area contributed by atoms with Gasteiger partial charge >= 0.3 is 6.01 Å². The average molecular weight is 409 g/mol. The normalized spacial score (nSPS) is 22.5. The van der Waals surface area contributed by atoms with Crippen LogP contribution in [0.25, 0.3) is 0 Å². The van der Waals surface area contributed by atoms with Gasteiger partial charge in [0.1, 0.15) is 0 Å². The highest BCUT2D eigenvalue weighted by molar-refractivity contribution is 5.45. The van der Waals surface area contributed by atoms with E-state index in [1.54, 1.807) is 13.3 Å². The zero-order chi connectivity index (χ0) is 21.2. The van der Waals surface area contributed by atoms with Crippen LogP contribution in [0, 0.1) is 6.92 Å². The first-order chi connectivity index (χ1) is 15.3. The summed E-state index contributed by atoms with van der Waals surface area (Å²) in [6.07, 6.45) is 5.51. The number of hydrogen-bond donors (Lipinski definition) is 0. The number of nitrogens with zero attached hydrogens (tertiary/aromatic N) is 4. The van der Waals surface area contributed by atoms with Gasteiger partial charge in [0.2, 0.25) is 0 Å². The number of aromatic nitrogens is 4. The molecule has 1 fully saturated rings. The topological polar surface area (TPSA) is 60.8 Å². The molecule has 1 saturated carbocycles. The standard InChI is InChI=1S/C26H24N4O/c1-17-15-27-16-21(29-17)25-22(18-9-5-3-6-10-18)24(20-13-14-28-26(30-20)31-2)23(25)19-11-7-4-8-12-19/h3-16,22-25H,1-2H3/t22-,23-,24-,25+/m0/s1. The van der Waals surface area contributed by atoms with Gasteiger partial charge in [0, 0.05) is 42.3 Å². The highest BCUT2D eigenvalue weighted by atomic mass is 16.5. The summed E-state index contributed by atoms with van der Waals surface area (Å²) >= 11 is 0. The first kappa shape index (κ1) is 19.4. The molecular formula is C26H24N4O. The van der Waals surface area contributed by atoms with Crippen molar-refractivity contribution in [3.8, 4) is 6.01 Å². The molecule has 2 aromatic heterocycles. The minimum atomic E-state index is 0.175. The molecule has 0 unspecified atom stereocenters. The Labute approximate surface area is 182 Å². The fourth-order valence-corrected chi connectivity index (χ4v) is 4.95. The second kappa shape index (κ2) is 8.26. The lowest BCUT2D eigenvalue weighted by atomic mass is 9.50. The molecule has 0 N–H and O–H groups in total. The maximum absolute atomic E-state index is 5.34. The van der Waals surface area contributed by atoms with E-state index in [1.807, 2.05) is 25.4 Å². The molecule has 0 aliphatic heterocycles. The molecule has 5 nitrogen and oxygen atoms in total. The first-order valence-corrected chi connectivity index (χ1v) is 10.5. The number of hydrogen-bond acceptors (Lipinski definition) is 5. The van der Waals surface area contributed by atoms with E-state index in [9.17, 15) is 0 Å². The number of rotatable bonds is 5. The van der Waals surface area contributed by atoms with Crippen molar-refractivity contribution in [2.24, 2.45) is 0 Å². The summed E-state index contributed by atoms with van der Waals surface area (Å²) < 4.78 is 5.34. The summed E-state index contributed by atoms with van der Waals surface area (Å²) in [4.78, 5) is 18.3. The smallest absolute Gasteiger partial charge is 0.316 e. The van der Waals surface area contributed by atoms with Crippen LogP contribution >= 0.6 is 0 Å². The van der Waals surface area contributed by atoms with Crippen molar-refractivity contribution in [3.05, 3.63) is 114 Å². The van der Waals surface area contributed by atoms with E-state index in [1.165, 1.54) is 11.1 Å². The van der Waals surface area contributed by atoms with Crippen LogP contribution in [0.5, 0.6) is 6.01 Å². The van der Waals surface area contributed by atoms with Gasteiger partial charge in [-0.1, -0.05) is 60.7 Å². The maximum atomic E-state index is 5.34. The average Bonchev–Trinajstić information content (AvgIpc) is 2.80. The highest BCUT2D eigenvalue weighted by Crippen LogP contribution is 2.65. The van der Waals surface area contributed by atoms with Crippen LogP contribution in [0.4, 0.5) is 0 Å². The minimum absolute atomic E-state index is 0.175. The summed E-state index contributed by atoms with van der Waals surface area (Å²) in [5.74, 6) is 0.821. The van der Waals surface area contributed by atoms with Gasteiger partial charge in [-0.25, -0.2) is 4.98 Å². The van der Waals surface area contributed by atoms with Crippen molar-refractivity contribution in [1.82, 2.24) is 19.9 Å². The molecule has 0 amide bonds. The number of benzene rings is 2. The van der Waals surface area contributed by atoms with Crippen molar-refractivity contribution in [1.29, 1.82) is 0 Å². The quantitative estimate of drug-likeness (QED) is 0.463. The van der Waals surface area contributed by atoms with Crippen LogP contribution in [-0.2, 0) is 0 Å². The third-order valence-electron chi connectivity index (χ3n) is 6.21. The van der Waals surface area contributed by atoms with Crippen LogP contribution in [0.15, 0.2) is 85.3 Å². The molecule has 0 radical (unpaired) electrons. The van der Waals surface area contributed by atoms with Gasteiger partial charge < -0.3 is 4.74 Å². The summed E-state index contributed by atoms with van der Waals surface area (Å²) in [5, 5.41) is 0. The Morgan fingerprint density at radius 2 is 1.29 bits per heavy atom. The molecule has 154 valence electrons. The Bertz CT molecular complexity index is 1120. The van der Waals surface area contributed by atoms with Gasteiger partial charge in [-0.3, -0.25) is 9.97 Å². The molecule has 2 atom stereocenters. The Hall–Kier alpha value is -3.60. The van der Waals surface area contributed by atoms with Gasteiger partial charge in [0.25, 0.3) is 0 Å². The molecule has 0 spiro atoms. The van der Waals surface area contributed by atoms with E-state index in [4.69, 9.17) is 14.7 Å². The first-order valence-electron chi connectivity index (χ1n) is 10.5. The fraction of sp³-hybridized carbons (Fsp3) is 0.231. The van der Waals surface area contributed by atoms with E-state index in [0.29, 0.717) is 6.01 Å². The molecule has 5 heteroatoms. The molecule has 5 rings (SSSR count). The zero-order valence-electron chi connectivity index (χ0n) is 17.6. The molecule has 2 heterocycles. The van der Waals surface area contributed by atoms with Gasteiger partial charge in [0.05, 0.1) is 24.2 Å². The van der Waals surface area contributed by atoms with Crippen LogP contribution in [0.3, 0.4) is 0 Å². The lowest BCUT2D eigenvalue weighted by molar-refractivity contribution is 0.217. The second-order valence-corrected chi connectivity index (χ2v) is 7.98. The molecule has 2 aromatic carbocycles. The van der Waals surface area contributed by atoms with E-state index >= 15 is 0 Å². The minimum Gasteiger partial charge on any atom is -0.467 e. The Balaban J connectivity index is 1.69. The van der Waals surface area contributed by atoms with Gasteiger partial charge in [-0.2, -0.15) is 4.98 Å². The number of ether oxygens (including phenoxy) is 1. The maximum Gasteiger partial charge on any atom is 0.316 e. The van der Waals surface area contributed by atoms with Gasteiger partial charge in [-0.05, 0) is 24.1 Å². The van der Waals surface area contributed by atoms with E-state index in [-0.39, 0.29) is 23.7 Å². The molecule has 31 heavy (non-hydrogen) atoms. The second-order valence-electron chi connectivity index (χ2n) is 7.98. The SMILES string of the molecule is COc1nccc([C@H]2[C@H](c3ccccc3)[C@@H](c3cncc(C)n3)[C@H]2c2ccccc2)n1. The Morgan fingerprint density at radius 1 is 0.677 bits per heavy atom. The van der Waals surface area contributed by atoms with Crippen molar-refractivity contribution < 1.29 is 4.74 Å². The monoisotopic (exact) mass is 408 g/mol. The predicted octanol–water partition coefficient (Wildman–Crippen LogP) is 5.03. The Kier molecular flexibility index (Phi) is 5.16. The zero-order valence-corrected chi connectivity index (χ0v) is 17.6. The van der Waals surface area contributed by atoms with Crippen LogP contribution in [0.1, 0.15) is 51.9 Å². The van der Waals surface area contributed by atoms with Gasteiger partial charge in [0.15, 0.2) is 0 Å². The highest BCUT2D eigenvalue weighted by Gasteiger charge is 2.54.